The van der Waals surface area contributed by atoms with E-state index in [9.17, 15) is 0 Å². The molecule has 20 heavy (non-hydrogen) atoms. The SMILES string of the molecule is CCNc1ncc(C)c(Oc2cccc(COC)c2)n1. The van der Waals surface area contributed by atoms with Crippen LogP contribution < -0.4 is 10.1 Å². The molecular formula is C15H19N3O2. The number of hydrogen-bond donors (Lipinski definition) is 1. The minimum absolute atomic E-state index is 0.558. The molecule has 1 aromatic heterocycles. The van der Waals surface area contributed by atoms with E-state index in [-0.39, 0.29) is 0 Å². The first-order valence-corrected chi connectivity index (χ1v) is 6.56. The molecule has 5 nitrogen and oxygen atoms in total. The third-order valence-corrected chi connectivity index (χ3v) is 2.68. The Kier molecular flexibility index (Phi) is 4.90. The van der Waals surface area contributed by atoms with E-state index < -0.39 is 0 Å². The van der Waals surface area contributed by atoms with E-state index in [0.717, 1.165) is 23.4 Å². The summed E-state index contributed by atoms with van der Waals surface area (Å²) in [4.78, 5) is 8.55. The van der Waals surface area contributed by atoms with Gasteiger partial charge in [0.1, 0.15) is 5.75 Å². The zero-order valence-corrected chi connectivity index (χ0v) is 12.0. The molecule has 0 aliphatic heterocycles. The van der Waals surface area contributed by atoms with Crippen LogP contribution in [-0.4, -0.2) is 23.6 Å². The highest BCUT2D eigenvalue weighted by Gasteiger charge is 2.06. The van der Waals surface area contributed by atoms with Gasteiger partial charge >= 0.3 is 0 Å². The molecule has 0 fully saturated rings. The average Bonchev–Trinajstić information content (AvgIpc) is 2.44. The second-order valence-electron chi connectivity index (χ2n) is 4.39. The van der Waals surface area contributed by atoms with Crippen molar-refractivity contribution in [2.24, 2.45) is 0 Å². The molecule has 0 unspecified atom stereocenters. The summed E-state index contributed by atoms with van der Waals surface area (Å²) in [7, 11) is 1.67. The summed E-state index contributed by atoms with van der Waals surface area (Å²) in [5, 5.41) is 3.07. The van der Waals surface area contributed by atoms with E-state index in [1.807, 2.05) is 38.1 Å². The molecule has 1 N–H and O–H groups in total. The number of ether oxygens (including phenoxy) is 2. The summed E-state index contributed by atoms with van der Waals surface area (Å²) in [6, 6.07) is 7.77. The van der Waals surface area contributed by atoms with Gasteiger partial charge < -0.3 is 14.8 Å². The molecule has 0 aliphatic carbocycles. The molecule has 0 spiro atoms. The monoisotopic (exact) mass is 273 g/mol. The zero-order chi connectivity index (χ0) is 14.4. The van der Waals surface area contributed by atoms with Crippen LogP contribution >= 0.6 is 0 Å². The largest absolute Gasteiger partial charge is 0.439 e. The lowest BCUT2D eigenvalue weighted by Crippen LogP contribution is -2.03. The summed E-state index contributed by atoms with van der Waals surface area (Å²) < 4.78 is 11.0. The van der Waals surface area contributed by atoms with Gasteiger partial charge in [0, 0.05) is 25.4 Å². The van der Waals surface area contributed by atoms with Gasteiger partial charge in [-0.2, -0.15) is 4.98 Å². The molecular weight excluding hydrogens is 254 g/mol. The second kappa shape index (κ2) is 6.86. The molecule has 0 saturated carbocycles. The Morgan fingerprint density at radius 3 is 2.90 bits per heavy atom. The third-order valence-electron chi connectivity index (χ3n) is 2.68. The Morgan fingerprint density at radius 1 is 1.30 bits per heavy atom. The molecule has 106 valence electrons. The lowest BCUT2D eigenvalue weighted by molar-refractivity contribution is 0.184. The third kappa shape index (κ3) is 3.68. The van der Waals surface area contributed by atoms with Crippen LogP contribution in [0, 0.1) is 6.92 Å². The molecule has 5 heteroatoms. The maximum absolute atomic E-state index is 5.84. The number of anilines is 1. The lowest BCUT2D eigenvalue weighted by Gasteiger charge is -2.10. The van der Waals surface area contributed by atoms with Gasteiger partial charge in [0.2, 0.25) is 11.8 Å². The van der Waals surface area contributed by atoms with Crippen LogP contribution in [0.15, 0.2) is 30.5 Å². The number of methoxy groups -OCH3 is 1. The van der Waals surface area contributed by atoms with Gasteiger partial charge in [-0.15, -0.1) is 0 Å². The van der Waals surface area contributed by atoms with Crippen molar-refractivity contribution in [1.82, 2.24) is 9.97 Å². The summed E-state index contributed by atoms with van der Waals surface area (Å²) in [5.74, 6) is 1.87. The van der Waals surface area contributed by atoms with E-state index in [1.165, 1.54) is 0 Å². The van der Waals surface area contributed by atoms with Gasteiger partial charge in [0.25, 0.3) is 0 Å². The maximum Gasteiger partial charge on any atom is 0.226 e. The molecule has 1 heterocycles. The van der Waals surface area contributed by atoms with Gasteiger partial charge in [-0.25, -0.2) is 4.98 Å². The van der Waals surface area contributed by atoms with Crippen molar-refractivity contribution in [3.63, 3.8) is 0 Å². The minimum Gasteiger partial charge on any atom is -0.439 e. The molecule has 0 radical (unpaired) electrons. The molecule has 2 rings (SSSR count). The predicted molar refractivity (Wildman–Crippen MR) is 78.2 cm³/mol. The normalized spacial score (nSPS) is 10.3. The fourth-order valence-corrected chi connectivity index (χ4v) is 1.75. The Morgan fingerprint density at radius 2 is 2.15 bits per heavy atom. The van der Waals surface area contributed by atoms with Crippen LogP contribution in [0.5, 0.6) is 11.6 Å². The van der Waals surface area contributed by atoms with Crippen LogP contribution in [0.2, 0.25) is 0 Å². The highest BCUT2D eigenvalue weighted by atomic mass is 16.5. The first-order valence-electron chi connectivity index (χ1n) is 6.56. The summed E-state index contributed by atoms with van der Waals surface area (Å²) in [6.45, 7) is 5.25. The Labute approximate surface area is 119 Å². The van der Waals surface area contributed by atoms with Crippen molar-refractivity contribution in [1.29, 1.82) is 0 Å². The van der Waals surface area contributed by atoms with E-state index >= 15 is 0 Å². The van der Waals surface area contributed by atoms with Gasteiger partial charge in [-0.1, -0.05) is 12.1 Å². The Bertz CT molecular complexity index is 573. The van der Waals surface area contributed by atoms with Crippen molar-refractivity contribution in [2.75, 3.05) is 19.0 Å². The minimum atomic E-state index is 0.558. The summed E-state index contributed by atoms with van der Waals surface area (Å²) >= 11 is 0. The van der Waals surface area contributed by atoms with E-state index in [2.05, 4.69) is 15.3 Å². The first-order chi connectivity index (χ1) is 9.72. The van der Waals surface area contributed by atoms with Gasteiger partial charge in [-0.3, -0.25) is 0 Å². The number of hydrogen-bond acceptors (Lipinski definition) is 5. The summed E-state index contributed by atoms with van der Waals surface area (Å²) in [6.07, 6.45) is 1.75. The van der Waals surface area contributed by atoms with Crippen molar-refractivity contribution in [3.05, 3.63) is 41.6 Å². The highest BCUT2D eigenvalue weighted by Crippen LogP contribution is 2.24. The number of aryl methyl sites for hydroxylation is 1. The smallest absolute Gasteiger partial charge is 0.226 e. The predicted octanol–water partition coefficient (Wildman–Crippen LogP) is 3.16. The molecule has 1 aromatic carbocycles. The highest BCUT2D eigenvalue weighted by molar-refractivity contribution is 5.37. The zero-order valence-electron chi connectivity index (χ0n) is 12.0. The molecule has 0 aliphatic rings. The number of rotatable bonds is 6. The number of nitrogens with zero attached hydrogens (tertiary/aromatic N) is 2. The van der Waals surface area contributed by atoms with Crippen LogP contribution in [0.25, 0.3) is 0 Å². The van der Waals surface area contributed by atoms with E-state index in [4.69, 9.17) is 9.47 Å². The van der Waals surface area contributed by atoms with Crippen molar-refractivity contribution >= 4 is 5.95 Å². The molecule has 0 atom stereocenters. The Balaban J connectivity index is 2.20. The van der Waals surface area contributed by atoms with Gasteiger partial charge in [-0.05, 0) is 31.5 Å². The first kappa shape index (κ1) is 14.3. The van der Waals surface area contributed by atoms with Crippen LogP contribution in [-0.2, 0) is 11.3 Å². The quantitative estimate of drug-likeness (QED) is 0.876. The molecule has 0 bridgehead atoms. The van der Waals surface area contributed by atoms with Gasteiger partial charge in [0.15, 0.2) is 0 Å². The van der Waals surface area contributed by atoms with Crippen LogP contribution in [0.4, 0.5) is 5.95 Å². The molecule has 0 saturated heterocycles. The fourth-order valence-electron chi connectivity index (χ4n) is 1.75. The number of aromatic nitrogens is 2. The Hall–Kier alpha value is -2.14. The van der Waals surface area contributed by atoms with Crippen LogP contribution in [0.3, 0.4) is 0 Å². The topological polar surface area (TPSA) is 56.3 Å². The fraction of sp³-hybridized carbons (Fsp3) is 0.333. The van der Waals surface area contributed by atoms with Crippen molar-refractivity contribution in [3.8, 4) is 11.6 Å². The maximum atomic E-state index is 5.84. The molecule has 2 aromatic rings. The number of benzene rings is 1. The lowest BCUT2D eigenvalue weighted by atomic mass is 10.2. The average molecular weight is 273 g/mol. The van der Waals surface area contributed by atoms with E-state index in [0.29, 0.717) is 18.4 Å². The standard InChI is InChI=1S/C15H19N3O2/c1-4-16-15-17-9-11(2)14(18-15)20-13-7-5-6-12(8-13)10-19-3/h5-9H,4,10H2,1-3H3,(H,16,17,18). The van der Waals surface area contributed by atoms with Crippen molar-refractivity contribution < 1.29 is 9.47 Å². The van der Waals surface area contributed by atoms with Crippen LogP contribution in [0.1, 0.15) is 18.1 Å². The summed E-state index contributed by atoms with van der Waals surface area (Å²) in [5.41, 5.74) is 1.95. The van der Waals surface area contributed by atoms with E-state index in [1.54, 1.807) is 13.3 Å². The number of nitrogens with one attached hydrogen (secondary N) is 1. The van der Waals surface area contributed by atoms with Crippen molar-refractivity contribution in [2.45, 2.75) is 20.5 Å². The van der Waals surface area contributed by atoms with Gasteiger partial charge in [0.05, 0.1) is 6.61 Å². The molecule has 0 amide bonds. The second-order valence-corrected chi connectivity index (χ2v) is 4.39.